The van der Waals surface area contributed by atoms with Crippen molar-refractivity contribution in [3.8, 4) is 28.7 Å². The third-order valence-electron chi connectivity index (χ3n) is 10.4. The number of likely N-dealkylation sites (tertiary alicyclic amines) is 2. The van der Waals surface area contributed by atoms with E-state index in [1.807, 2.05) is 36.1 Å². The fraction of sp³-hybridized carbons (Fsp3) is 0.317. The van der Waals surface area contributed by atoms with E-state index in [1.165, 1.54) is 30.5 Å². The molecule has 0 saturated carbocycles. The highest BCUT2D eigenvalue weighted by molar-refractivity contribution is 6.34. The number of hydrogen-bond acceptors (Lipinski definition) is 8. The lowest BCUT2D eigenvalue weighted by Crippen LogP contribution is -2.22. The molecule has 278 valence electrons. The number of aliphatic carboxylic acids is 1. The molecular weight excluding hydrogens is 719 g/mol. The van der Waals surface area contributed by atoms with E-state index in [1.54, 1.807) is 19.1 Å². The van der Waals surface area contributed by atoms with Crippen molar-refractivity contribution in [3.05, 3.63) is 104 Å². The number of rotatable bonds is 9. The van der Waals surface area contributed by atoms with Crippen LogP contribution in [0.1, 0.15) is 57.5 Å². The molecule has 2 atom stereocenters. The number of fused-ring (bicyclic) bond motifs is 1. The number of pyridine rings is 1. The average molecular weight is 756 g/mol. The highest BCUT2D eigenvalue weighted by atomic mass is 35.5. The Morgan fingerprint density at radius 1 is 1.04 bits per heavy atom. The zero-order valence-electron chi connectivity index (χ0n) is 29.6. The first-order chi connectivity index (χ1) is 25.8. The van der Waals surface area contributed by atoms with Crippen LogP contribution in [0.15, 0.2) is 59.1 Å². The number of hydrogen-bond donors (Lipinski definition) is 2. The van der Waals surface area contributed by atoms with Gasteiger partial charge in [-0.1, -0.05) is 35.9 Å². The van der Waals surface area contributed by atoms with Gasteiger partial charge in [-0.25, -0.2) is 4.98 Å². The molecule has 4 heterocycles. The molecule has 2 N–H and O–H groups in total. The normalized spacial score (nSPS) is 18.3. The van der Waals surface area contributed by atoms with Crippen molar-refractivity contribution in [2.24, 2.45) is 5.92 Å². The Morgan fingerprint density at radius 2 is 1.80 bits per heavy atom. The number of carboxylic acids is 1. The molecule has 5 aromatic rings. The maximum absolute atomic E-state index is 14.3. The van der Waals surface area contributed by atoms with Gasteiger partial charge in [-0.2, -0.15) is 18.4 Å². The second-order valence-electron chi connectivity index (χ2n) is 14.1. The van der Waals surface area contributed by atoms with Crippen molar-refractivity contribution >= 4 is 40.8 Å². The number of aliphatic hydroxyl groups is 1. The molecule has 2 fully saturated rings. The zero-order valence-corrected chi connectivity index (χ0v) is 30.4. The van der Waals surface area contributed by atoms with Gasteiger partial charge in [0, 0.05) is 50.0 Å². The largest absolute Gasteiger partial charge is 0.481 e. The summed E-state index contributed by atoms with van der Waals surface area (Å²) in [6, 6.07) is 15.8. The lowest BCUT2D eigenvalue weighted by atomic mass is 9.92. The van der Waals surface area contributed by atoms with Crippen molar-refractivity contribution < 1.29 is 32.6 Å². The predicted molar refractivity (Wildman–Crippen MR) is 199 cm³/mol. The first kappa shape index (κ1) is 37.3. The van der Waals surface area contributed by atoms with E-state index in [9.17, 15) is 33.4 Å². The predicted octanol–water partition coefficient (Wildman–Crippen LogP) is 8.36. The zero-order chi connectivity index (χ0) is 38.3. The highest BCUT2D eigenvalue weighted by Gasteiger charge is 2.34. The van der Waals surface area contributed by atoms with Crippen LogP contribution >= 0.6 is 11.6 Å². The van der Waals surface area contributed by atoms with Gasteiger partial charge in [-0.15, -0.1) is 0 Å². The van der Waals surface area contributed by atoms with Gasteiger partial charge in [0.2, 0.25) is 5.89 Å². The Bertz CT molecular complexity index is 2330. The summed E-state index contributed by atoms with van der Waals surface area (Å²) in [6.45, 7) is 6.66. The third kappa shape index (κ3) is 7.63. The maximum atomic E-state index is 14.3. The number of nitrogens with zero attached hydrogens (tertiary/aromatic N) is 5. The number of aliphatic hydroxyl groups excluding tert-OH is 1. The molecule has 13 heteroatoms. The summed E-state index contributed by atoms with van der Waals surface area (Å²) in [7, 11) is 0. The number of oxazole rings is 1. The van der Waals surface area contributed by atoms with Crippen molar-refractivity contribution in [3.63, 3.8) is 0 Å². The van der Waals surface area contributed by atoms with Gasteiger partial charge < -0.3 is 14.6 Å². The topological polar surface area (TPSA) is 127 Å². The van der Waals surface area contributed by atoms with E-state index < -0.39 is 29.7 Å². The van der Waals surface area contributed by atoms with Crippen molar-refractivity contribution in [2.45, 2.75) is 52.1 Å². The van der Waals surface area contributed by atoms with Gasteiger partial charge in [0.1, 0.15) is 11.6 Å². The Kier molecular flexibility index (Phi) is 10.3. The smallest absolute Gasteiger partial charge is 0.416 e. The first-order valence-corrected chi connectivity index (χ1v) is 18.0. The summed E-state index contributed by atoms with van der Waals surface area (Å²) in [5.74, 6) is -0.862. The quantitative estimate of drug-likeness (QED) is 0.153. The number of nitriles is 1. The molecule has 54 heavy (non-hydrogen) atoms. The van der Waals surface area contributed by atoms with Crippen LogP contribution in [-0.2, 0) is 24.1 Å². The number of β-amino-alcohol motifs (C(OH)–C–C–N with tert-alkyl or cyclic N) is 1. The molecule has 9 nitrogen and oxygen atoms in total. The van der Waals surface area contributed by atoms with E-state index in [4.69, 9.17) is 21.0 Å². The monoisotopic (exact) mass is 755 g/mol. The fourth-order valence-corrected chi connectivity index (χ4v) is 7.76. The van der Waals surface area contributed by atoms with Crippen LogP contribution < -0.4 is 0 Å². The van der Waals surface area contributed by atoms with E-state index in [0.29, 0.717) is 102 Å². The summed E-state index contributed by atoms with van der Waals surface area (Å²) < 4.78 is 49.2. The molecule has 0 spiro atoms. The van der Waals surface area contributed by atoms with Gasteiger partial charge in [-0.3, -0.25) is 19.6 Å². The number of benzene rings is 3. The summed E-state index contributed by atoms with van der Waals surface area (Å²) in [5, 5.41) is 30.0. The molecule has 3 aromatic carbocycles. The maximum Gasteiger partial charge on any atom is 0.416 e. The van der Waals surface area contributed by atoms with Gasteiger partial charge in [0.25, 0.3) is 0 Å². The van der Waals surface area contributed by atoms with Crippen LogP contribution in [0, 0.1) is 31.1 Å². The SMILES string of the molecule is Cc1cc(/C=C/c2nccc(-c3cccc(-c4nc5cc(CN6CC[C@@H](C(=O)O)C6)cc(Cl)c5o4)c3C)c2C#N)c(C(F)(F)F)cc1CN1CC[C@@H](O)C1. The van der Waals surface area contributed by atoms with E-state index in [2.05, 4.69) is 16.0 Å². The molecule has 0 bridgehead atoms. The van der Waals surface area contributed by atoms with Crippen molar-refractivity contribution in [1.82, 2.24) is 19.8 Å². The van der Waals surface area contributed by atoms with Crippen LogP contribution in [-0.4, -0.2) is 68.2 Å². The first-order valence-electron chi connectivity index (χ1n) is 17.6. The van der Waals surface area contributed by atoms with E-state index in [-0.39, 0.29) is 16.8 Å². The molecule has 7 rings (SSSR count). The van der Waals surface area contributed by atoms with Crippen LogP contribution in [0.5, 0.6) is 0 Å². The minimum Gasteiger partial charge on any atom is -0.481 e. The molecule has 2 aliphatic heterocycles. The number of halogens is 4. The number of aryl methyl sites for hydroxylation is 1. The average Bonchev–Trinajstić information content (AvgIpc) is 3.88. The summed E-state index contributed by atoms with van der Waals surface area (Å²) >= 11 is 6.65. The highest BCUT2D eigenvalue weighted by Crippen LogP contribution is 2.38. The van der Waals surface area contributed by atoms with Crippen LogP contribution in [0.2, 0.25) is 5.02 Å². The third-order valence-corrected chi connectivity index (χ3v) is 10.6. The Hall–Kier alpha value is -5.06. The molecule has 0 unspecified atom stereocenters. The molecule has 0 radical (unpaired) electrons. The fourth-order valence-electron chi connectivity index (χ4n) is 7.49. The van der Waals surface area contributed by atoms with Gasteiger partial charge >= 0.3 is 12.1 Å². The Morgan fingerprint density at radius 3 is 2.50 bits per heavy atom. The Labute approximate surface area is 314 Å². The summed E-state index contributed by atoms with van der Waals surface area (Å²) in [5.41, 5.74) is 5.33. The summed E-state index contributed by atoms with van der Waals surface area (Å²) in [6.07, 6.45) is 0.396. The van der Waals surface area contributed by atoms with Crippen molar-refractivity contribution in [2.75, 3.05) is 26.2 Å². The van der Waals surface area contributed by atoms with E-state index in [0.717, 1.165) is 11.1 Å². The molecule has 0 amide bonds. The molecule has 2 aromatic heterocycles. The number of aromatic nitrogens is 2. The molecule has 2 aliphatic rings. The summed E-state index contributed by atoms with van der Waals surface area (Å²) in [4.78, 5) is 24.6. The van der Waals surface area contributed by atoms with Crippen LogP contribution in [0.4, 0.5) is 13.2 Å². The molecule has 0 aliphatic carbocycles. The second-order valence-corrected chi connectivity index (χ2v) is 14.5. The van der Waals surface area contributed by atoms with Gasteiger partial charge in [-0.05, 0) is 103 Å². The minimum absolute atomic E-state index is 0.0397. The number of alkyl halides is 3. The van der Waals surface area contributed by atoms with E-state index >= 15 is 0 Å². The second kappa shape index (κ2) is 15.0. The van der Waals surface area contributed by atoms with Crippen molar-refractivity contribution in [1.29, 1.82) is 5.26 Å². The molecule has 2 saturated heterocycles. The molecular formula is C41H37ClF3N5O4. The lowest BCUT2D eigenvalue weighted by molar-refractivity contribution is -0.141. The standard InChI is InChI=1S/C41H37ClF3N5O4/c1-23-14-26(34(41(43,44)45)17-28(23)21-50-13-10-29(51)22-50)6-7-36-33(18-46)32(8-11-47-36)30-4-3-5-31(24(30)2)39-48-37-16-25(15-35(42)38(37)54-39)19-49-12-9-27(20-49)40(52)53/h3-8,11,14-17,27,29,51H,9-10,12-13,19-22H2,1-2H3,(H,52,53)/b7-6+/t27-,29-/m1/s1. The van der Waals surface area contributed by atoms with Gasteiger partial charge in [0.05, 0.1) is 33.9 Å². The minimum atomic E-state index is -4.62. The van der Waals surface area contributed by atoms with Crippen LogP contribution in [0.25, 0.3) is 45.8 Å². The van der Waals surface area contributed by atoms with Gasteiger partial charge in [0.15, 0.2) is 5.58 Å². The van der Waals surface area contributed by atoms with Crippen LogP contribution in [0.3, 0.4) is 0 Å². The number of carbonyl (C=O) groups is 1. The number of carboxylic acid groups (broad SMARTS) is 1. The lowest BCUT2D eigenvalue weighted by Gasteiger charge is -2.20. The Balaban J connectivity index is 1.18.